The molecule has 0 spiro atoms. The SMILES string of the molecule is C=CCn1c(=N)n(C[C@@H](O)COc2ccccc2C)c2ccccc21. The van der Waals surface area contributed by atoms with Crippen molar-refractivity contribution in [2.45, 2.75) is 26.1 Å². The van der Waals surface area contributed by atoms with E-state index >= 15 is 0 Å². The molecule has 1 heterocycles. The van der Waals surface area contributed by atoms with Gasteiger partial charge in [-0.2, -0.15) is 0 Å². The second-order valence-electron chi connectivity index (χ2n) is 6.05. The van der Waals surface area contributed by atoms with Gasteiger partial charge in [0.2, 0.25) is 5.62 Å². The molecule has 0 unspecified atom stereocenters. The second-order valence-corrected chi connectivity index (χ2v) is 6.05. The fraction of sp³-hybridized carbons (Fsp3) is 0.250. The first-order valence-corrected chi connectivity index (χ1v) is 8.32. The van der Waals surface area contributed by atoms with Crippen molar-refractivity contribution < 1.29 is 9.84 Å². The Morgan fingerprint density at radius 3 is 2.44 bits per heavy atom. The van der Waals surface area contributed by atoms with Crippen molar-refractivity contribution in [2.24, 2.45) is 0 Å². The first-order chi connectivity index (χ1) is 12.1. The fourth-order valence-corrected chi connectivity index (χ4v) is 2.96. The number of imidazole rings is 1. The topological polar surface area (TPSA) is 63.2 Å². The average Bonchev–Trinajstić information content (AvgIpc) is 2.87. The zero-order valence-electron chi connectivity index (χ0n) is 14.4. The smallest absolute Gasteiger partial charge is 0.203 e. The molecule has 0 saturated carbocycles. The van der Waals surface area contributed by atoms with Crippen LogP contribution in [0.25, 0.3) is 11.0 Å². The summed E-state index contributed by atoms with van der Waals surface area (Å²) in [5, 5.41) is 18.8. The summed E-state index contributed by atoms with van der Waals surface area (Å²) < 4.78 is 9.41. The first kappa shape index (κ1) is 17.0. The number of nitrogens with one attached hydrogen (secondary N) is 1. The zero-order valence-corrected chi connectivity index (χ0v) is 14.4. The van der Waals surface area contributed by atoms with Crippen molar-refractivity contribution in [3.63, 3.8) is 0 Å². The van der Waals surface area contributed by atoms with E-state index in [4.69, 9.17) is 10.1 Å². The van der Waals surface area contributed by atoms with Gasteiger partial charge in [0.05, 0.1) is 17.6 Å². The van der Waals surface area contributed by atoms with Crippen LogP contribution in [0.1, 0.15) is 5.56 Å². The Morgan fingerprint density at radius 1 is 1.12 bits per heavy atom. The highest BCUT2D eigenvalue weighted by molar-refractivity contribution is 5.75. The van der Waals surface area contributed by atoms with Gasteiger partial charge in [0, 0.05) is 6.54 Å². The van der Waals surface area contributed by atoms with Crippen LogP contribution in [0.2, 0.25) is 0 Å². The molecule has 0 aliphatic carbocycles. The van der Waals surface area contributed by atoms with Gasteiger partial charge in [-0.25, -0.2) is 0 Å². The van der Waals surface area contributed by atoms with E-state index in [2.05, 4.69) is 6.58 Å². The molecule has 5 nitrogen and oxygen atoms in total. The van der Waals surface area contributed by atoms with Crippen LogP contribution in [-0.4, -0.2) is 27.0 Å². The molecule has 5 heteroatoms. The Labute approximate surface area is 146 Å². The number of aliphatic hydroxyl groups excluding tert-OH is 1. The number of allylic oxidation sites excluding steroid dienone is 1. The third kappa shape index (κ3) is 3.51. The minimum atomic E-state index is -0.711. The summed E-state index contributed by atoms with van der Waals surface area (Å²) in [7, 11) is 0. The number of fused-ring (bicyclic) bond motifs is 1. The van der Waals surface area contributed by atoms with Gasteiger partial charge in [-0.15, -0.1) is 6.58 Å². The van der Waals surface area contributed by atoms with Gasteiger partial charge in [-0.05, 0) is 30.7 Å². The molecule has 25 heavy (non-hydrogen) atoms. The van der Waals surface area contributed by atoms with Crippen LogP contribution >= 0.6 is 0 Å². The lowest BCUT2D eigenvalue weighted by molar-refractivity contribution is 0.0918. The van der Waals surface area contributed by atoms with Crippen LogP contribution < -0.4 is 10.4 Å². The van der Waals surface area contributed by atoms with Crippen molar-refractivity contribution in [3.05, 3.63) is 72.4 Å². The minimum Gasteiger partial charge on any atom is -0.491 e. The molecule has 1 aromatic heterocycles. The third-order valence-corrected chi connectivity index (χ3v) is 4.20. The highest BCUT2D eigenvalue weighted by atomic mass is 16.5. The predicted molar refractivity (Wildman–Crippen MR) is 98.7 cm³/mol. The van der Waals surface area contributed by atoms with E-state index in [0.29, 0.717) is 18.7 Å². The van der Waals surface area contributed by atoms with Gasteiger partial charge in [0.1, 0.15) is 18.5 Å². The number of hydrogen-bond acceptors (Lipinski definition) is 3. The number of para-hydroxylation sites is 3. The maximum absolute atomic E-state index is 10.4. The predicted octanol–water partition coefficient (Wildman–Crippen LogP) is 2.86. The Bertz CT molecular complexity index is 940. The number of nitrogens with zero attached hydrogens (tertiary/aromatic N) is 2. The van der Waals surface area contributed by atoms with Gasteiger partial charge < -0.3 is 19.0 Å². The largest absolute Gasteiger partial charge is 0.491 e. The minimum absolute atomic E-state index is 0.179. The van der Waals surface area contributed by atoms with E-state index < -0.39 is 6.10 Å². The van der Waals surface area contributed by atoms with E-state index in [-0.39, 0.29) is 6.61 Å². The standard InChI is InChI=1S/C20H23N3O2/c1-3-12-22-17-9-5-6-10-18(17)23(20(22)21)13-16(24)14-25-19-11-7-4-8-15(19)2/h3-11,16,21,24H,1,12-14H2,2H3/t16-/m1/s1. The molecular weight excluding hydrogens is 314 g/mol. The fourth-order valence-electron chi connectivity index (χ4n) is 2.96. The van der Waals surface area contributed by atoms with E-state index in [1.807, 2.05) is 64.6 Å². The molecule has 0 amide bonds. The number of aromatic nitrogens is 2. The highest BCUT2D eigenvalue weighted by Gasteiger charge is 2.14. The first-order valence-electron chi connectivity index (χ1n) is 8.32. The van der Waals surface area contributed by atoms with Crippen LogP contribution in [0, 0.1) is 12.3 Å². The summed E-state index contributed by atoms with van der Waals surface area (Å²) in [4.78, 5) is 0. The van der Waals surface area contributed by atoms with Crippen molar-refractivity contribution in [1.82, 2.24) is 9.13 Å². The van der Waals surface area contributed by atoms with E-state index in [0.717, 1.165) is 22.3 Å². The lowest BCUT2D eigenvalue weighted by Gasteiger charge is -2.15. The molecule has 3 rings (SSSR count). The Balaban J connectivity index is 1.80. The van der Waals surface area contributed by atoms with Gasteiger partial charge >= 0.3 is 0 Å². The molecule has 0 aliphatic heterocycles. The van der Waals surface area contributed by atoms with Crippen LogP contribution in [0.5, 0.6) is 5.75 Å². The lowest BCUT2D eigenvalue weighted by atomic mass is 10.2. The molecule has 0 saturated heterocycles. The number of benzene rings is 2. The van der Waals surface area contributed by atoms with Gasteiger partial charge in [0.15, 0.2) is 0 Å². The van der Waals surface area contributed by atoms with E-state index in [9.17, 15) is 5.11 Å². The monoisotopic (exact) mass is 337 g/mol. The van der Waals surface area contributed by atoms with Crippen LogP contribution in [0.3, 0.4) is 0 Å². The van der Waals surface area contributed by atoms with Crippen molar-refractivity contribution in [1.29, 1.82) is 5.41 Å². The molecule has 0 fully saturated rings. The third-order valence-electron chi connectivity index (χ3n) is 4.20. The Hall–Kier alpha value is -2.79. The summed E-state index contributed by atoms with van der Waals surface area (Å²) in [5.41, 5.74) is 3.26. The maximum atomic E-state index is 10.4. The molecule has 0 radical (unpaired) electrons. The van der Waals surface area contributed by atoms with Gasteiger partial charge in [-0.1, -0.05) is 36.4 Å². The molecule has 0 aliphatic rings. The highest BCUT2D eigenvalue weighted by Crippen LogP contribution is 2.17. The maximum Gasteiger partial charge on any atom is 0.203 e. The van der Waals surface area contributed by atoms with Crippen LogP contribution in [0.4, 0.5) is 0 Å². The molecule has 2 N–H and O–H groups in total. The Morgan fingerprint density at radius 2 is 1.76 bits per heavy atom. The molecule has 1 atom stereocenters. The van der Waals surface area contributed by atoms with Crippen molar-refractivity contribution in [2.75, 3.05) is 6.61 Å². The second kappa shape index (κ2) is 7.40. The lowest BCUT2D eigenvalue weighted by Crippen LogP contribution is -2.31. The number of ether oxygens (including phenoxy) is 1. The summed E-state index contributed by atoms with van der Waals surface area (Å²) in [6.07, 6.45) is 1.06. The van der Waals surface area contributed by atoms with Crippen molar-refractivity contribution >= 4 is 11.0 Å². The summed E-state index contributed by atoms with van der Waals surface area (Å²) in [5.74, 6) is 0.770. The Kier molecular flexibility index (Phi) is 5.05. The number of hydrogen-bond donors (Lipinski definition) is 2. The molecule has 0 bridgehead atoms. The summed E-state index contributed by atoms with van der Waals surface area (Å²) in [6.45, 7) is 6.77. The van der Waals surface area contributed by atoms with E-state index in [1.165, 1.54) is 0 Å². The van der Waals surface area contributed by atoms with E-state index in [1.54, 1.807) is 6.08 Å². The molecule has 2 aromatic carbocycles. The van der Waals surface area contributed by atoms with Crippen molar-refractivity contribution in [3.8, 4) is 5.75 Å². The molecular formula is C20H23N3O2. The normalized spacial score (nSPS) is 12.2. The summed E-state index contributed by atoms with van der Waals surface area (Å²) in [6, 6.07) is 15.5. The van der Waals surface area contributed by atoms with Gasteiger partial charge in [0.25, 0.3) is 0 Å². The van der Waals surface area contributed by atoms with Crippen LogP contribution in [0.15, 0.2) is 61.2 Å². The molecule has 3 aromatic rings. The number of aryl methyl sites for hydroxylation is 1. The van der Waals surface area contributed by atoms with Crippen LogP contribution in [-0.2, 0) is 13.1 Å². The zero-order chi connectivity index (χ0) is 17.8. The number of rotatable bonds is 7. The van der Waals surface area contributed by atoms with Gasteiger partial charge in [-0.3, -0.25) is 5.41 Å². The quantitative estimate of drug-likeness (QED) is 0.651. The molecule has 130 valence electrons. The average molecular weight is 337 g/mol. The number of aliphatic hydroxyl groups is 1. The summed E-state index contributed by atoms with van der Waals surface area (Å²) >= 11 is 0.